The van der Waals surface area contributed by atoms with Crippen LogP contribution in [-0.4, -0.2) is 18.0 Å². The molecule has 1 atom stereocenters. The lowest BCUT2D eigenvalue weighted by molar-refractivity contribution is 0.185. The van der Waals surface area contributed by atoms with Crippen molar-refractivity contribution in [3.63, 3.8) is 0 Å². The fourth-order valence-corrected chi connectivity index (χ4v) is 3.48. The molecule has 2 nitrogen and oxygen atoms in total. The molecule has 1 saturated heterocycles. The normalized spacial score (nSPS) is 25.3. The number of rotatable bonds is 2. The van der Waals surface area contributed by atoms with Crippen LogP contribution in [0.3, 0.4) is 0 Å². The van der Waals surface area contributed by atoms with Crippen LogP contribution in [-0.2, 0) is 13.0 Å². The van der Waals surface area contributed by atoms with Gasteiger partial charge in [0, 0.05) is 12.6 Å². The highest BCUT2D eigenvalue weighted by atomic mass is 15.1. The molecule has 1 unspecified atom stereocenters. The van der Waals surface area contributed by atoms with Crippen molar-refractivity contribution in [3.8, 4) is 0 Å². The third-order valence-electron chi connectivity index (χ3n) is 4.85. The molecule has 2 heteroatoms. The summed E-state index contributed by atoms with van der Waals surface area (Å²) in [6, 6.07) is 7.25. The van der Waals surface area contributed by atoms with Crippen molar-refractivity contribution in [1.82, 2.24) is 4.90 Å². The zero-order valence-electron chi connectivity index (χ0n) is 12.1. The second-order valence-electron chi connectivity index (χ2n) is 6.49. The van der Waals surface area contributed by atoms with Crippen LogP contribution in [0.5, 0.6) is 0 Å². The summed E-state index contributed by atoms with van der Waals surface area (Å²) in [5, 5.41) is 0. The molecular formula is C17H26N2. The molecule has 2 aliphatic rings. The van der Waals surface area contributed by atoms with Gasteiger partial charge in [-0.3, -0.25) is 4.90 Å². The number of piperidine rings is 1. The van der Waals surface area contributed by atoms with Crippen LogP contribution < -0.4 is 5.73 Å². The SMILES string of the molecule is CC1CCN(Cc2ccc3c(c2)CCCC3N)CC1. The van der Waals surface area contributed by atoms with E-state index < -0.39 is 0 Å². The van der Waals surface area contributed by atoms with Crippen molar-refractivity contribution >= 4 is 0 Å². The number of likely N-dealkylation sites (tertiary alicyclic amines) is 1. The average Bonchev–Trinajstić information content (AvgIpc) is 2.42. The van der Waals surface area contributed by atoms with Gasteiger partial charge in [-0.05, 0) is 67.8 Å². The minimum absolute atomic E-state index is 0.272. The lowest BCUT2D eigenvalue weighted by Crippen LogP contribution is -2.32. The minimum atomic E-state index is 0.272. The van der Waals surface area contributed by atoms with Gasteiger partial charge in [-0.2, -0.15) is 0 Å². The highest BCUT2D eigenvalue weighted by Crippen LogP contribution is 2.29. The van der Waals surface area contributed by atoms with E-state index in [0.717, 1.165) is 18.9 Å². The Kier molecular flexibility index (Phi) is 3.90. The van der Waals surface area contributed by atoms with Crippen molar-refractivity contribution in [2.75, 3.05) is 13.1 Å². The quantitative estimate of drug-likeness (QED) is 0.882. The lowest BCUT2D eigenvalue weighted by atomic mass is 9.87. The molecule has 0 radical (unpaired) electrons. The number of benzene rings is 1. The first kappa shape index (κ1) is 13.1. The molecule has 104 valence electrons. The summed E-state index contributed by atoms with van der Waals surface area (Å²) in [4.78, 5) is 2.60. The van der Waals surface area contributed by atoms with Gasteiger partial charge >= 0.3 is 0 Å². The fourth-order valence-electron chi connectivity index (χ4n) is 3.48. The van der Waals surface area contributed by atoms with Gasteiger partial charge in [-0.15, -0.1) is 0 Å². The van der Waals surface area contributed by atoms with E-state index >= 15 is 0 Å². The summed E-state index contributed by atoms with van der Waals surface area (Å²) < 4.78 is 0. The predicted octanol–water partition coefficient (Wildman–Crippen LogP) is 3.25. The highest BCUT2D eigenvalue weighted by molar-refractivity contribution is 5.36. The summed E-state index contributed by atoms with van der Waals surface area (Å²) >= 11 is 0. The summed E-state index contributed by atoms with van der Waals surface area (Å²) in [5.41, 5.74) is 10.6. The van der Waals surface area contributed by atoms with Crippen LogP contribution in [0.15, 0.2) is 18.2 Å². The number of hydrogen-bond donors (Lipinski definition) is 1. The maximum atomic E-state index is 6.19. The monoisotopic (exact) mass is 258 g/mol. The first-order valence-corrected chi connectivity index (χ1v) is 7.82. The standard InChI is InChI=1S/C17H26N2/c1-13-7-9-19(10-8-13)12-14-5-6-16-15(11-14)3-2-4-17(16)18/h5-6,11,13,17H,2-4,7-10,12,18H2,1H3. The third kappa shape index (κ3) is 3.01. The second-order valence-corrected chi connectivity index (χ2v) is 6.49. The van der Waals surface area contributed by atoms with Gasteiger partial charge in [0.2, 0.25) is 0 Å². The van der Waals surface area contributed by atoms with Crippen molar-refractivity contribution < 1.29 is 0 Å². The zero-order chi connectivity index (χ0) is 13.2. The van der Waals surface area contributed by atoms with Gasteiger partial charge in [0.05, 0.1) is 0 Å². The van der Waals surface area contributed by atoms with Crippen molar-refractivity contribution in [2.24, 2.45) is 11.7 Å². The molecule has 0 saturated carbocycles. The zero-order valence-corrected chi connectivity index (χ0v) is 12.1. The van der Waals surface area contributed by atoms with E-state index in [-0.39, 0.29) is 6.04 Å². The van der Waals surface area contributed by atoms with Gasteiger partial charge in [0.25, 0.3) is 0 Å². The Labute approximate surface area is 117 Å². The summed E-state index contributed by atoms with van der Waals surface area (Å²) in [6.45, 7) is 6.02. The Balaban J connectivity index is 1.68. The number of hydrogen-bond acceptors (Lipinski definition) is 2. The number of nitrogens with zero attached hydrogens (tertiary/aromatic N) is 1. The third-order valence-corrected chi connectivity index (χ3v) is 4.85. The van der Waals surface area contributed by atoms with E-state index in [1.165, 1.54) is 55.5 Å². The molecule has 1 aromatic rings. The number of aryl methyl sites for hydroxylation is 1. The topological polar surface area (TPSA) is 29.3 Å². The van der Waals surface area contributed by atoms with Gasteiger partial charge in [-0.25, -0.2) is 0 Å². The molecule has 3 rings (SSSR count). The van der Waals surface area contributed by atoms with Crippen molar-refractivity contribution in [1.29, 1.82) is 0 Å². The van der Waals surface area contributed by atoms with E-state index in [1.54, 1.807) is 0 Å². The average molecular weight is 258 g/mol. The molecule has 0 aromatic heterocycles. The molecule has 1 aliphatic heterocycles. The molecule has 2 N–H and O–H groups in total. The highest BCUT2D eigenvalue weighted by Gasteiger charge is 2.19. The van der Waals surface area contributed by atoms with Crippen molar-refractivity contribution in [2.45, 2.75) is 51.6 Å². The predicted molar refractivity (Wildman–Crippen MR) is 80.0 cm³/mol. The van der Waals surface area contributed by atoms with E-state index in [1.807, 2.05) is 0 Å². The first-order valence-electron chi connectivity index (χ1n) is 7.82. The Hall–Kier alpha value is -0.860. The minimum Gasteiger partial charge on any atom is -0.324 e. The molecule has 19 heavy (non-hydrogen) atoms. The largest absolute Gasteiger partial charge is 0.324 e. The summed E-state index contributed by atoms with van der Waals surface area (Å²) in [5.74, 6) is 0.915. The molecule has 0 bridgehead atoms. The lowest BCUT2D eigenvalue weighted by Gasteiger charge is -2.30. The smallest absolute Gasteiger partial charge is 0.0297 e. The van der Waals surface area contributed by atoms with Crippen LogP contribution in [0.1, 0.15) is 55.3 Å². The van der Waals surface area contributed by atoms with Gasteiger partial charge in [0.15, 0.2) is 0 Å². The Bertz CT molecular complexity index is 433. The van der Waals surface area contributed by atoms with E-state index in [2.05, 4.69) is 30.0 Å². The second kappa shape index (κ2) is 5.64. The molecule has 1 aliphatic carbocycles. The maximum absolute atomic E-state index is 6.19. The molecule has 0 amide bonds. The van der Waals surface area contributed by atoms with E-state index in [4.69, 9.17) is 5.73 Å². The van der Waals surface area contributed by atoms with Crippen LogP contribution in [0.2, 0.25) is 0 Å². The van der Waals surface area contributed by atoms with E-state index in [9.17, 15) is 0 Å². The maximum Gasteiger partial charge on any atom is 0.0297 e. The molecule has 1 aromatic carbocycles. The fraction of sp³-hybridized carbons (Fsp3) is 0.647. The van der Waals surface area contributed by atoms with Gasteiger partial charge < -0.3 is 5.73 Å². The molecule has 0 spiro atoms. The molecular weight excluding hydrogens is 232 g/mol. The van der Waals surface area contributed by atoms with Crippen LogP contribution in [0.25, 0.3) is 0 Å². The first-order chi connectivity index (χ1) is 9.22. The number of nitrogens with two attached hydrogens (primary N) is 1. The summed E-state index contributed by atoms with van der Waals surface area (Å²) in [6.07, 6.45) is 6.33. The Morgan fingerprint density at radius 2 is 2.00 bits per heavy atom. The van der Waals surface area contributed by atoms with E-state index in [0.29, 0.717) is 0 Å². The van der Waals surface area contributed by atoms with Crippen LogP contribution >= 0.6 is 0 Å². The van der Waals surface area contributed by atoms with Gasteiger partial charge in [-0.1, -0.05) is 25.1 Å². The van der Waals surface area contributed by atoms with Crippen LogP contribution in [0.4, 0.5) is 0 Å². The molecule has 1 heterocycles. The van der Waals surface area contributed by atoms with Gasteiger partial charge in [0.1, 0.15) is 0 Å². The van der Waals surface area contributed by atoms with Crippen LogP contribution in [0, 0.1) is 5.92 Å². The number of fused-ring (bicyclic) bond motifs is 1. The Morgan fingerprint density at radius 1 is 1.21 bits per heavy atom. The van der Waals surface area contributed by atoms with Crippen molar-refractivity contribution in [3.05, 3.63) is 34.9 Å². The Morgan fingerprint density at radius 3 is 2.79 bits per heavy atom. The molecule has 1 fully saturated rings. The summed E-state index contributed by atoms with van der Waals surface area (Å²) in [7, 11) is 0.